The molecule has 1 fully saturated rings. The zero-order valence-electron chi connectivity index (χ0n) is 9.01. The van der Waals surface area contributed by atoms with Crippen molar-refractivity contribution in [2.24, 2.45) is 0 Å². The van der Waals surface area contributed by atoms with Gasteiger partial charge in [-0.3, -0.25) is 4.68 Å². The van der Waals surface area contributed by atoms with Crippen LogP contribution in [0.25, 0.3) is 10.9 Å². The van der Waals surface area contributed by atoms with Gasteiger partial charge in [0.15, 0.2) is 9.84 Å². The van der Waals surface area contributed by atoms with E-state index >= 15 is 0 Å². The topological polar surface area (TPSA) is 52.0 Å². The molecular weight excluding hydrogens is 304 g/mol. The normalized spacial score (nSPS) is 23.2. The third kappa shape index (κ3) is 1.99. The van der Waals surface area contributed by atoms with Crippen molar-refractivity contribution < 1.29 is 8.42 Å². The number of rotatable bonds is 1. The molecule has 0 amide bonds. The van der Waals surface area contributed by atoms with Crippen LogP contribution in [0.15, 0.2) is 28.9 Å². The van der Waals surface area contributed by atoms with Crippen molar-refractivity contribution >= 4 is 36.7 Å². The van der Waals surface area contributed by atoms with Crippen LogP contribution < -0.4 is 0 Å². The van der Waals surface area contributed by atoms with E-state index in [-0.39, 0.29) is 17.5 Å². The van der Waals surface area contributed by atoms with Crippen molar-refractivity contribution in [3.8, 4) is 0 Å². The van der Waals surface area contributed by atoms with Crippen molar-refractivity contribution in [2.45, 2.75) is 12.5 Å². The fourth-order valence-corrected chi connectivity index (χ4v) is 4.35. The van der Waals surface area contributed by atoms with Crippen molar-refractivity contribution in [1.82, 2.24) is 9.78 Å². The Balaban J connectivity index is 2.07. The summed E-state index contributed by atoms with van der Waals surface area (Å²) in [5.74, 6) is 0.482. The average Bonchev–Trinajstić information content (AvgIpc) is 2.80. The first kappa shape index (κ1) is 11.2. The van der Waals surface area contributed by atoms with Gasteiger partial charge in [0, 0.05) is 9.86 Å². The Morgan fingerprint density at radius 2 is 2.24 bits per heavy atom. The smallest absolute Gasteiger partial charge is 0.152 e. The number of fused-ring (bicyclic) bond motifs is 1. The van der Waals surface area contributed by atoms with Crippen LogP contribution in [0.2, 0.25) is 0 Å². The summed E-state index contributed by atoms with van der Waals surface area (Å²) < 4.78 is 25.8. The van der Waals surface area contributed by atoms with Crippen LogP contribution in [0.4, 0.5) is 0 Å². The largest absolute Gasteiger partial charge is 0.261 e. The molecule has 0 aliphatic carbocycles. The molecule has 0 radical (unpaired) electrons. The van der Waals surface area contributed by atoms with Crippen LogP contribution >= 0.6 is 15.9 Å². The van der Waals surface area contributed by atoms with Gasteiger partial charge in [0.25, 0.3) is 0 Å². The van der Waals surface area contributed by atoms with E-state index in [1.807, 2.05) is 22.9 Å². The minimum absolute atomic E-state index is 0.0151. The number of hydrogen-bond donors (Lipinski definition) is 0. The van der Waals surface area contributed by atoms with E-state index in [4.69, 9.17) is 0 Å². The van der Waals surface area contributed by atoms with E-state index in [9.17, 15) is 8.42 Å². The van der Waals surface area contributed by atoms with Crippen molar-refractivity contribution in [3.63, 3.8) is 0 Å². The van der Waals surface area contributed by atoms with Crippen LogP contribution in [0.1, 0.15) is 12.5 Å². The molecule has 1 atom stereocenters. The molecule has 3 rings (SSSR count). The fraction of sp³-hybridized carbons (Fsp3) is 0.364. The van der Waals surface area contributed by atoms with E-state index in [2.05, 4.69) is 21.0 Å². The van der Waals surface area contributed by atoms with Gasteiger partial charge in [-0.2, -0.15) is 5.10 Å². The Labute approximate surface area is 108 Å². The molecule has 0 saturated carbocycles. The third-order valence-corrected chi connectivity index (χ3v) is 5.36. The maximum atomic E-state index is 11.5. The van der Waals surface area contributed by atoms with E-state index in [1.165, 1.54) is 0 Å². The second kappa shape index (κ2) is 3.81. The van der Waals surface area contributed by atoms with Crippen LogP contribution in [0.3, 0.4) is 0 Å². The van der Waals surface area contributed by atoms with Crippen molar-refractivity contribution in [3.05, 3.63) is 28.9 Å². The van der Waals surface area contributed by atoms with Gasteiger partial charge in [0.1, 0.15) is 0 Å². The Morgan fingerprint density at radius 3 is 2.94 bits per heavy atom. The van der Waals surface area contributed by atoms with Gasteiger partial charge < -0.3 is 0 Å². The second-order valence-electron chi connectivity index (χ2n) is 4.35. The molecule has 0 spiro atoms. The number of benzene rings is 1. The molecule has 6 heteroatoms. The lowest BCUT2D eigenvalue weighted by molar-refractivity contribution is 0.515. The number of nitrogens with zero attached hydrogens (tertiary/aromatic N) is 2. The van der Waals surface area contributed by atoms with E-state index < -0.39 is 9.84 Å². The van der Waals surface area contributed by atoms with Gasteiger partial charge in [0.2, 0.25) is 0 Å². The summed E-state index contributed by atoms with van der Waals surface area (Å²) in [5, 5.41) is 5.35. The molecule has 17 heavy (non-hydrogen) atoms. The first-order valence-electron chi connectivity index (χ1n) is 5.38. The fourth-order valence-electron chi connectivity index (χ4n) is 2.28. The second-order valence-corrected chi connectivity index (χ2v) is 7.49. The highest BCUT2D eigenvalue weighted by molar-refractivity contribution is 9.10. The minimum Gasteiger partial charge on any atom is -0.261 e. The zero-order chi connectivity index (χ0) is 12.0. The maximum Gasteiger partial charge on any atom is 0.152 e. The third-order valence-electron chi connectivity index (χ3n) is 3.11. The molecule has 0 N–H and O–H groups in total. The summed E-state index contributed by atoms with van der Waals surface area (Å²) in [5.41, 5.74) is 0.996. The number of hydrogen-bond acceptors (Lipinski definition) is 3. The lowest BCUT2D eigenvalue weighted by Crippen LogP contribution is -2.12. The predicted octanol–water partition coefficient (Wildman–Crippen LogP) is 2.16. The molecule has 1 aliphatic rings. The number of sulfone groups is 1. The Hall–Kier alpha value is -0.880. The minimum atomic E-state index is -2.87. The molecule has 0 bridgehead atoms. The predicted molar refractivity (Wildman–Crippen MR) is 69.7 cm³/mol. The lowest BCUT2D eigenvalue weighted by atomic mass is 10.2. The van der Waals surface area contributed by atoms with E-state index in [0.717, 1.165) is 15.4 Å². The van der Waals surface area contributed by atoms with Crippen LogP contribution in [0.5, 0.6) is 0 Å². The lowest BCUT2D eigenvalue weighted by Gasteiger charge is -2.09. The Morgan fingerprint density at radius 1 is 1.41 bits per heavy atom. The van der Waals surface area contributed by atoms with Gasteiger partial charge in [-0.1, -0.05) is 15.9 Å². The summed E-state index contributed by atoms with van der Waals surface area (Å²) in [6, 6.07) is 5.89. The van der Waals surface area contributed by atoms with E-state index in [0.29, 0.717) is 6.42 Å². The highest BCUT2D eigenvalue weighted by Gasteiger charge is 2.30. The quantitative estimate of drug-likeness (QED) is 0.810. The first-order chi connectivity index (χ1) is 8.05. The van der Waals surface area contributed by atoms with Gasteiger partial charge >= 0.3 is 0 Å². The molecule has 1 saturated heterocycles. The highest BCUT2D eigenvalue weighted by atomic mass is 79.9. The highest BCUT2D eigenvalue weighted by Crippen LogP contribution is 2.28. The summed E-state index contributed by atoms with van der Waals surface area (Å²) in [6.45, 7) is 0. The maximum absolute atomic E-state index is 11.5. The monoisotopic (exact) mass is 314 g/mol. The van der Waals surface area contributed by atoms with E-state index in [1.54, 1.807) is 6.20 Å². The first-order valence-corrected chi connectivity index (χ1v) is 8.00. The summed E-state index contributed by atoms with van der Waals surface area (Å²) in [6.07, 6.45) is 2.44. The van der Waals surface area contributed by atoms with Crippen LogP contribution in [0, 0.1) is 0 Å². The van der Waals surface area contributed by atoms with Gasteiger partial charge in [-0.25, -0.2) is 8.42 Å². The summed E-state index contributed by atoms with van der Waals surface area (Å²) in [7, 11) is -2.87. The molecule has 90 valence electrons. The average molecular weight is 315 g/mol. The summed E-state index contributed by atoms with van der Waals surface area (Å²) in [4.78, 5) is 0. The molecule has 2 aromatic rings. The van der Waals surface area contributed by atoms with Crippen LogP contribution in [-0.2, 0) is 9.84 Å². The van der Waals surface area contributed by atoms with Gasteiger partial charge in [-0.15, -0.1) is 0 Å². The molecule has 4 nitrogen and oxygen atoms in total. The number of halogens is 1. The molecule has 2 heterocycles. The standard InChI is InChI=1S/C11H11BrN2O2S/c12-9-1-2-11-8(5-9)6-13-14(11)10-3-4-17(15,16)7-10/h1-2,5-6,10H,3-4,7H2. The molecule has 1 unspecified atom stereocenters. The van der Waals surface area contributed by atoms with Crippen LogP contribution in [-0.4, -0.2) is 29.7 Å². The molecule has 1 aromatic heterocycles. The van der Waals surface area contributed by atoms with Gasteiger partial charge in [-0.05, 0) is 24.6 Å². The number of aromatic nitrogens is 2. The SMILES string of the molecule is O=S1(=O)CCC(n2ncc3cc(Br)ccc32)C1. The molecular formula is C11H11BrN2O2S. The van der Waals surface area contributed by atoms with Gasteiger partial charge in [0.05, 0.1) is 29.3 Å². The Bertz CT molecular complexity index is 678. The summed E-state index contributed by atoms with van der Waals surface area (Å²) >= 11 is 3.41. The molecule has 1 aromatic carbocycles. The Kier molecular flexibility index (Phi) is 2.52. The van der Waals surface area contributed by atoms with Crippen molar-refractivity contribution in [1.29, 1.82) is 0 Å². The molecule has 1 aliphatic heterocycles. The zero-order valence-corrected chi connectivity index (χ0v) is 11.4. The van der Waals surface area contributed by atoms with Crippen molar-refractivity contribution in [2.75, 3.05) is 11.5 Å².